The number of hydrogen-bond donors (Lipinski definition) is 1. The maximum Gasteiger partial charge on any atom is 0.324 e. The van der Waals surface area contributed by atoms with Gasteiger partial charge in [-0.05, 0) is 38.0 Å². The highest BCUT2D eigenvalue weighted by atomic mass is 32.1. The van der Waals surface area contributed by atoms with Crippen LogP contribution in [0.4, 0.5) is 4.79 Å². The first kappa shape index (κ1) is 16.0. The summed E-state index contributed by atoms with van der Waals surface area (Å²) in [7, 11) is 0. The molecule has 7 nitrogen and oxygen atoms in total. The van der Waals surface area contributed by atoms with Gasteiger partial charge in [-0.1, -0.05) is 0 Å². The van der Waals surface area contributed by atoms with Crippen molar-refractivity contribution in [3.63, 3.8) is 0 Å². The Morgan fingerprint density at radius 2 is 2.04 bits per heavy atom. The number of thiazole rings is 1. The van der Waals surface area contributed by atoms with Crippen LogP contribution in [0.3, 0.4) is 0 Å². The van der Waals surface area contributed by atoms with Gasteiger partial charge in [0.25, 0.3) is 5.91 Å². The number of carbonyl (C=O) groups excluding carboxylic acids is 3. The number of benzene rings is 1. The standard InChI is InChI=1S/C17H18N4O3S/c1-10-19-13-3-2-11(8-14(13)25-10)16(23)20-6-4-12(5-7-20)21-15(22)9-18-17(21)24/h2-3,8,12H,4-7,9H2,1H3,(H,18,24). The molecule has 0 radical (unpaired) electrons. The lowest BCUT2D eigenvalue weighted by molar-refractivity contribution is -0.127. The number of likely N-dealkylation sites (tertiary alicyclic amines) is 1. The molecular weight excluding hydrogens is 340 g/mol. The van der Waals surface area contributed by atoms with Crippen molar-refractivity contribution in [2.45, 2.75) is 25.8 Å². The molecule has 130 valence electrons. The highest BCUT2D eigenvalue weighted by molar-refractivity contribution is 7.18. The van der Waals surface area contributed by atoms with Crippen molar-refractivity contribution < 1.29 is 14.4 Å². The lowest BCUT2D eigenvalue weighted by atomic mass is 10.0. The number of rotatable bonds is 2. The van der Waals surface area contributed by atoms with Crippen LogP contribution in [0.1, 0.15) is 28.2 Å². The number of nitrogens with one attached hydrogen (secondary N) is 1. The van der Waals surface area contributed by atoms with Crippen LogP contribution >= 0.6 is 11.3 Å². The SMILES string of the molecule is Cc1nc2ccc(C(=O)N3CCC(N4C(=O)CNC4=O)CC3)cc2s1. The minimum Gasteiger partial charge on any atom is -0.338 e. The van der Waals surface area contributed by atoms with Gasteiger partial charge in [0.2, 0.25) is 5.91 Å². The molecule has 8 heteroatoms. The van der Waals surface area contributed by atoms with E-state index in [9.17, 15) is 14.4 Å². The summed E-state index contributed by atoms with van der Waals surface area (Å²) in [5, 5.41) is 3.53. The van der Waals surface area contributed by atoms with E-state index in [1.54, 1.807) is 16.2 Å². The Hall–Kier alpha value is -2.48. The Labute approximate surface area is 148 Å². The molecule has 2 fully saturated rings. The van der Waals surface area contributed by atoms with Gasteiger partial charge in [-0.15, -0.1) is 11.3 Å². The van der Waals surface area contributed by atoms with Crippen LogP contribution in [0, 0.1) is 6.92 Å². The normalized spacial score (nSPS) is 18.9. The summed E-state index contributed by atoms with van der Waals surface area (Å²) in [6.07, 6.45) is 1.24. The van der Waals surface area contributed by atoms with E-state index in [4.69, 9.17) is 0 Å². The third-order valence-electron chi connectivity index (χ3n) is 4.74. The number of aryl methyl sites for hydroxylation is 1. The topological polar surface area (TPSA) is 82.6 Å². The number of urea groups is 1. The minimum atomic E-state index is -0.319. The first-order valence-electron chi connectivity index (χ1n) is 8.29. The summed E-state index contributed by atoms with van der Waals surface area (Å²) in [5.74, 6) is -0.190. The molecule has 2 saturated heterocycles. The zero-order chi connectivity index (χ0) is 17.6. The smallest absolute Gasteiger partial charge is 0.324 e. The molecule has 0 aliphatic carbocycles. The van der Waals surface area contributed by atoms with Gasteiger partial charge in [0, 0.05) is 24.7 Å². The summed E-state index contributed by atoms with van der Waals surface area (Å²) in [6, 6.07) is 5.15. The first-order valence-corrected chi connectivity index (χ1v) is 9.11. The van der Waals surface area contributed by atoms with Gasteiger partial charge < -0.3 is 10.2 Å². The average molecular weight is 358 g/mol. The molecular formula is C17H18N4O3S. The van der Waals surface area contributed by atoms with E-state index in [1.165, 1.54) is 4.90 Å². The second kappa shape index (κ2) is 6.11. The summed E-state index contributed by atoms with van der Waals surface area (Å²) in [4.78, 5) is 43.8. The Bertz CT molecular complexity index is 854. The molecule has 0 atom stereocenters. The first-order chi connectivity index (χ1) is 12.0. The quantitative estimate of drug-likeness (QED) is 0.830. The van der Waals surface area contributed by atoms with Gasteiger partial charge in [-0.3, -0.25) is 14.5 Å². The molecule has 1 N–H and O–H groups in total. The van der Waals surface area contributed by atoms with E-state index in [-0.39, 0.29) is 30.4 Å². The zero-order valence-corrected chi connectivity index (χ0v) is 14.6. The van der Waals surface area contributed by atoms with Gasteiger partial charge in [-0.25, -0.2) is 9.78 Å². The Balaban J connectivity index is 1.45. The highest BCUT2D eigenvalue weighted by Crippen LogP contribution is 2.25. The average Bonchev–Trinajstić information content (AvgIpc) is 3.14. The predicted molar refractivity (Wildman–Crippen MR) is 93.5 cm³/mol. The molecule has 4 amide bonds. The number of imide groups is 1. The van der Waals surface area contributed by atoms with Crippen molar-refractivity contribution in [2.24, 2.45) is 0 Å². The van der Waals surface area contributed by atoms with Crippen molar-refractivity contribution >= 4 is 39.4 Å². The number of carbonyl (C=O) groups is 3. The molecule has 0 saturated carbocycles. The van der Waals surface area contributed by atoms with Crippen LogP contribution in [0.2, 0.25) is 0 Å². The monoisotopic (exact) mass is 358 g/mol. The van der Waals surface area contributed by atoms with Gasteiger partial charge in [0.15, 0.2) is 0 Å². The van der Waals surface area contributed by atoms with E-state index in [2.05, 4.69) is 10.3 Å². The Morgan fingerprint density at radius 3 is 2.72 bits per heavy atom. The van der Waals surface area contributed by atoms with Crippen LogP contribution in [-0.2, 0) is 4.79 Å². The predicted octanol–water partition coefficient (Wildman–Crippen LogP) is 1.76. The highest BCUT2D eigenvalue weighted by Gasteiger charge is 2.37. The number of hydrogen-bond acceptors (Lipinski definition) is 5. The van der Waals surface area contributed by atoms with Crippen LogP contribution in [0.25, 0.3) is 10.2 Å². The molecule has 1 aromatic heterocycles. The number of fused-ring (bicyclic) bond motifs is 1. The molecule has 2 aromatic rings. The van der Waals surface area contributed by atoms with Crippen molar-refractivity contribution in [3.8, 4) is 0 Å². The fourth-order valence-corrected chi connectivity index (χ4v) is 4.35. The van der Waals surface area contributed by atoms with Crippen LogP contribution in [-0.4, -0.2) is 58.3 Å². The maximum absolute atomic E-state index is 12.8. The maximum atomic E-state index is 12.8. The Kier molecular flexibility index (Phi) is 3.91. The van der Waals surface area contributed by atoms with Crippen LogP contribution in [0.15, 0.2) is 18.2 Å². The van der Waals surface area contributed by atoms with E-state index in [1.807, 2.05) is 25.1 Å². The fourth-order valence-electron chi connectivity index (χ4n) is 3.49. The molecule has 0 unspecified atom stereocenters. The fraction of sp³-hybridized carbons (Fsp3) is 0.412. The second-order valence-electron chi connectivity index (χ2n) is 6.36. The summed E-state index contributed by atoms with van der Waals surface area (Å²) >= 11 is 1.58. The zero-order valence-electron chi connectivity index (χ0n) is 13.8. The largest absolute Gasteiger partial charge is 0.338 e. The van der Waals surface area contributed by atoms with E-state index >= 15 is 0 Å². The number of piperidine rings is 1. The Morgan fingerprint density at radius 1 is 1.28 bits per heavy atom. The molecule has 2 aliphatic rings. The van der Waals surface area contributed by atoms with E-state index < -0.39 is 0 Å². The molecule has 4 rings (SSSR count). The summed E-state index contributed by atoms with van der Waals surface area (Å²) in [5.41, 5.74) is 1.57. The lowest BCUT2D eigenvalue weighted by Gasteiger charge is -2.35. The van der Waals surface area contributed by atoms with Gasteiger partial charge >= 0.3 is 6.03 Å². The van der Waals surface area contributed by atoms with Crippen LogP contribution < -0.4 is 5.32 Å². The van der Waals surface area contributed by atoms with E-state index in [0.29, 0.717) is 31.5 Å². The lowest BCUT2D eigenvalue weighted by Crippen LogP contribution is -2.49. The van der Waals surface area contributed by atoms with Crippen molar-refractivity contribution in [1.29, 1.82) is 0 Å². The molecule has 1 aromatic carbocycles. The second-order valence-corrected chi connectivity index (χ2v) is 7.60. The van der Waals surface area contributed by atoms with Crippen LogP contribution in [0.5, 0.6) is 0 Å². The minimum absolute atomic E-state index is 0.0106. The van der Waals surface area contributed by atoms with Crippen molar-refractivity contribution in [2.75, 3.05) is 19.6 Å². The molecule has 3 heterocycles. The van der Waals surface area contributed by atoms with Crippen molar-refractivity contribution in [1.82, 2.24) is 20.1 Å². The third kappa shape index (κ3) is 2.86. The number of nitrogens with zero attached hydrogens (tertiary/aromatic N) is 3. The summed E-state index contributed by atoms with van der Waals surface area (Å²) in [6.45, 7) is 3.11. The molecule has 0 bridgehead atoms. The van der Waals surface area contributed by atoms with Crippen molar-refractivity contribution in [3.05, 3.63) is 28.8 Å². The van der Waals surface area contributed by atoms with Gasteiger partial charge in [0.1, 0.15) is 0 Å². The van der Waals surface area contributed by atoms with Gasteiger partial charge in [0.05, 0.1) is 21.8 Å². The number of aromatic nitrogens is 1. The van der Waals surface area contributed by atoms with E-state index in [0.717, 1.165) is 15.2 Å². The van der Waals surface area contributed by atoms with Gasteiger partial charge in [-0.2, -0.15) is 0 Å². The molecule has 25 heavy (non-hydrogen) atoms. The molecule has 0 spiro atoms. The number of amides is 4. The summed E-state index contributed by atoms with van der Waals surface area (Å²) < 4.78 is 1.01. The third-order valence-corrected chi connectivity index (χ3v) is 5.67. The molecule has 2 aliphatic heterocycles.